The maximum atomic E-state index is 12.6. The van der Waals surface area contributed by atoms with Gasteiger partial charge in [0.25, 0.3) is 0 Å². The number of carbonyl (C=O) groups is 2. The highest BCUT2D eigenvalue weighted by Crippen LogP contribution is 2.27. The van der Waals surface area contributed by atoms with E-state index < -0.39 is 5.97 Å². The van der Waals surface area contributed by atoms with Gasteiger partial charge in [0.05, 0.1) is 11.3 Å². The molecule has 7 heteroatoms. The molecule has 1 aliphatic heterocycles. The zero-order chi connectivity index (χ0) is 18.0. The number of benzene rings is 1. The smallest absolute Gasteiger partial charge is 0.335 e. The Morgan fingerprint density at radius 1 is 1.36 bits per heavy atom. The van der Waals surface area contributed by atoms with Crippen LogP contribution < -0.4 is 5.73 Å². The highest BCUT2D eigenvalue weighted by Gasteiger charge is 2.25. The molecule has 132 valence electrons. The second kappa shape index (κ2) is 6.96. The lowest BCUT2D eigenvalue weighted by atomic mass is 9.89. The van der Waals surface area contributed by atoms with Crippen LogP contribution in [0.5, 0.6) is 0 Å². The minimum Gasteiger partial charge on any atom is -0.478 e. The molecule has 1 amide bonds. The third-order valence-electron chi connectivity index (χ3n) is 4.60. The number of nitrogen functional groups attached to an aromatic ring is 1. The van der Waals surface area contributed by atoms with Gasteiger partial charge in [0, 0.05) is 25.1 Å². The van der Waals surface area contributed by atoms with E-state index in [0.29, 0.717) is 18.9 Å². The van der Waals surface area contributed by atoms with E-state index in [1.165, 1.54) is 4.68 Å². The van der Waals surface area contributed by atoms with Gasteiger partial charge in [-0.05, 0) is 37.5 Å². The quantitative estimate of drug-likeness (QED) is 0.883. The van der Waals surface area contributed by atoms with Crippen molar-refractivity contribution in [3.8, 4) is 0 Å². The summed E-state index contributed by atoms with van der Waals surface area (Å²) in [6.45, 7) is 3.25. The first kappa shape index (κ1) is 17.0. The SMILES string of the molecule is Cc1cc(N)n(CC(=O)N2CCC[C@H](c3cccc(C(=O)O)c3)C2)n1. The number of aryl methyl sites for hydroxylation is 1. The van der Waals surface area contributed by atoms with Crippen LogP contribution in [-0.2, 0) is 11.3 Å². The van der Waals surface area contributed by atoms with E-state index in [2.05, 4.69) is 5.10 Å². The summed E-state index contributed by atoms with van der Waals surface area (Å²) in [5.74, 6) is -0.328. The molecule has 1 fully saturated rings. The number of nitrogens with two attached hydrogens (primary N) is 1. The van der Waals surface area contributed by atoms with Gasteiger partial charge in [0.1, 0.15) is 12.4 Å². The van der Waals surface area contributed by atoms with E-state index in [1.54, 1.807) is 24.3 Å². The largest absolute Gasteiger partial charge is 0.478 e. The predicted octanol–water partition coefficient (Wildman–Crippen LogP) is 1.88. The Labute approximate surface area is 146 Å². The molecule has 3 N–H and O–H groups in total. The molecule has 2 aromatic rings. The van der Waals surface area contributed by atoms with Crippen molar-refractivity contribution in [1.29, 1.82) is 0 Å². The third kappa shape index (κ3) is 3.81. The zero-order valence-electron chi connectivity index (χ0n) is 14.2. The second-order valence-electron chi connectivity index (χ2n) is 6.48. The minimum absolute atomic E-state index is 0.0195. The average molecular weight is 342 g/mol. The molecule has 0 aliphatic carbocycles. The number of hydrogen-bond acceptors (Lipinski definition) is 4. The summed E-state index contributed by atoms with van der Waals surface area (Å²) in [5.41, 5.74) is 7.88. The molecule has 2 heterocycles. The van der Waals surface area contributed by atoms with Crippen LogP contribution in [-0.4, -0.2) is 44.8 Å². The number of hydrogen-bond donors (Lipinski definition) is 2. The molecule has 0 unspecified atom stereocenters. The van der Waals surface area contributed by atoms with Crippen molar-refractivity contribution < 1.29 is 14.7 Å². The number of piperidine rings is 1. The molecule has 1 aliphatic rings. The van der Waals surface area contributed by atoms with Gasteiger partial charge < -0.3 is 15.7 Å². The topological polar surface area (TPSA) is 101 Å². The van der Waals surface area contributed by atoms with Crippen LogP contribution in [0, 0.1) is 6.92 Å². The molecule has 1 aromatic carbocycles. The van der Waals surface area contributed by atoms with Gasteiger partial charge in [-0.2, -0.15) is 5.10 Å². The Balaban J connectivity index is 1.70. The van der Waals surface area contributed by atoms with Crippen LogP contribution >= 0.6 is 0 Å². The van der Waals surface area contributed by atoms with Crippen LogP contribution in [0.15, 0.2) is 30.3 Å². The Morgan fingerprint density at radius 3 is 2.84 bits per heavy atom. The molecule has 1 atom stereocenters. The fourth-order valence-corrected chi connectivity index (χ4v) is 3.32. The van der Waals surface area contributed by atoms with Crippen molar-refractivity contribution in [2.24, 2.45) is 0 Å². The van der Waals surface area contributed by atoms with Crippen molar-refractivity contribution in [1.82, 2.24) is 14.7 Å². The Kier molecular flexibility index (Phi) is 4.74. The summed E-state index contributed by atoms with van der Waals surface area (Å²) in [6, 6.07) is 8.71. The first-order valence-electron chi connectivity index (χ1n) is 8.35. The molecule has 1 saturated heterocycles. The van der Waals surface area contributed by atoms with Gasteiger partial charge in [0.15, 0.2) is 0 Å². The second-order valence-corrected chi connectivity index (χ2v) is 6.48. The first-order valence-corrected chi connectivity index (χ1v) is 8.35. The van der Waals surface area contributed by atoms with Crippen LogP contribution in [0.2, 0.25) is 0 Å². The van der Waals surface area contributed by atoms with E-state index in [1.807, 2.05) is 17.9 Å². The molecule has 1 aromatic heterocycles. The number of anilines is 1. The van der Waals surface area contributed by atoms with Crippen LogP contribution in [0.4, 0.5) is 5.82 Å². The molecule has 0 saturated carbocycles. The first-order chi connectivity index (χ1) is 11.9. The molecule has 25 heavy (non-hydrogen) atoms. The molecule has 0 spiro atoms. The summed E-state index contributed by atoms with van der Waals surface area (Å²) in [5, 5.41) is 13.4. The van der Waals surface area contributed by atoms with Crippen molar-refractivity contribution >= 4 is 17.7 Å². The van der Waals surface area contributed by atoms with E-state index >= 15 is 0 Å². The van der Waals surface area contributed by atoms with Crippen molar-refractivity contribution in [3.63, 3.8) is 0 Å². The number of rotatable bonds is 4. The van der Waals surface area contributed by atoms with Gasteiger partial charge in [-0.15, -0.1) is 0 Å². The molecule has 3 rings (SSSR count). The monoisotopic (exact) mass is 342 g/mol. The van der Waals surface area contributed by atoms with Crippen molar-refractivity contribution in [2.45, 2.75) is 32.2 Å². The highest BCUT2D eigenvalue weighted by molar-refractivity contribution is 5.87. The van der Waals surface area contributed by atoms with Crippen LogP contribution in [0.3, 0.4) is 0 Å². The van der Waals surface area contributed by atoms with Gasteiger partial charge in [-0.25, -0.2) is 9.48 Å². The lowest BCUT2D eigenvalue weighted by Gasteiger charge is -2.33. The lowest BCUT2D eigenvalue weighted by Crippen LogP contribution is -2.41. The maximum absolute atomic E-state index is 12.6. The fourth-order valence-electron chi connectivity index (χ4n) is 3.32. The highest BCUT2D eigenvalue weighted by atomic mass is 16.4. The summed E-state index contributed by atoms with van der Waals surface area (Å²) >= 11 is 0. The van der Waals surface area contributed by atoms with Crippen molar-refractivity contribution in [3.05, 3.63) is 47.2 Å². The van der Waals surface area contributed by atoms with Crippen molar-refractivity contribution in [2.75, 3.05) is 18.8 Å². The number of carboxylic acid groups (broad SMARTS) is 1. The summed E-state index contributed by atoms with van der Waals surface area (Å²) in [6.07, 6.45) is 1.83. The lowest BCUT2D eigenvalue weighted by molar-refractivity contribution is -0.133. The molecule has 7 nitrogen and oxygen atoms in total. The normalized spacial score (nSPS) is 17.5. The number of amides is 1. The van der Waals surface area contributed by atoms with E-state index in [0.717, 1.165) is 24.1 Å². The van der Waals surface area contributed by atoms with Gasteiger partial charge in [-0.3, -0.25) is 4.79 Å². The average Bonchev–Trinajstić information content (AvgIpc) is 2.92. The fraction of sp³-hybridized carbons (Fsp3) is 0.389. The van der Waals surface area contributed by atoms with E-state index in [4.69, 9.17) is 10.8 Å². The molecule has 0 radical (unpaired) electrons. The standard InChI is InChI=1S/C18H22N4O3/c1-12-8-16(19)22(20-12)11-17(23)21-7-3-6-15(10-21)13-4-2-5-14(9-13)18(24)25/h2,4-5,8-9,15H,3,6-7,10-11,19H2,1H3,(H,24,25)/t15-/m0/s1. The number of carboxylic acids is 1. The number of likely N-dealkylation sites (tertiary alicyclic amines) is 1. The zero-order valence-corrected chi connectivity index (χ0v) is 14.2. The maximum Gasteiger partial charge on any atom is 0.335 e. The molecular formula is C18H22N4O3. The van der Waals surface area contributed by atoms with Crippen LogP contribution in [0.1, 0.15) is 40.4 Å². The summed E-state index contributed by atoms with van der Waals surface area (Å²) < 4.78 is 1.52. The Morgan fingerprint density at radius 2 is 2.16 bits per heavy atom. The number of aromatic nitrogens is 2. The molecule has 0 bridgehead atoms. The Bertz CT molecular complexity index is 799. The minimum atomic E-state index is -0.935. The third-order valence-corrected chi connectivity index (χ3v) is 4.60. The summed E-state index contributed by atoms with van der Waals surface area (Å²) in [7, 11) is 0. The van der Waals surface area contributed by atoms with E-state index in [-0.39, 0.29) is 23.9 Å². The summed E-state index contributed by atoms with van der Waals surface area (Å²) in [4.78, 5) is 25.6. The van der Waals surface area contributed by atoms with Gasteiger partial charge in [-0.1, -0.05) is 12.1 Å². The molecular weight excluding hydrogens is 320 g/mol. The number of nitrogens with zero attached hydrogens (tertiary/aromatic N) is 3. The van der Waals surface area contributed by atoms with Gasteiger partial charge >= 0.3 is 5.97 Å². The number of carbonyl (C=O) groups excluding carboxylic acids is 1. The Hall–Kier alpha value is -2.83. The number of aromatic carboxylic acids is 1. The van der Waals surface area contributed by atoms with E-state index in [9.17, 15) is 9.59 Å². The van der Waals surface area contributed by atoms with Crippen LogP contribution in [0.25, 0.3) is 0 Å². The predicted molar refractivity (Wildman–Crippen MR) is 93.3 cm³/mol. The van der Waals surface area contributed by atoms with Gasteiger partial charge in [0.2, 0.25) is 5.91 Å².